The molecule has 0 saturated carbocycles. The topological polar surface area (TPSA) is 61.4 Å². The molecule has 6 nitrogen and oxygen atoms in total. The van der Waals surface area contributed by atoms with Crippen LogP contribution >= 0.6 is 0 Å². The number of nitrogens with zero attached hydrogens (tertiary/aromatic N) is 4. The third-order valence-electron chi connectivity index (χ3n) is 6.01. The smallest absolute Gasteiger partial charge is 0.235 e. The lowest BCUT2D eigenvalue weighted by molar-refractivity contribution is -0.136. The highest BCUT2D eigenvalue weighted by Crippen LogP contribution is 2.44. The number of pyridine rings is 2. The summed E-state index contributed by atoms with van der Waals surface area (Å²) < 4.78 is 13.6. The van der Waals surface area contributed by atoms with Crippen LogP contribution in [0, 0.1) is 5.41 Å². The molecule has 1 atom stereocenters. The van der Waals surface area contributed by atoms with Crippen LogP contribution in [0.2, 0.25) is 0 Å². The van der Waals surface area contributed by atoms with E-state index in [0.717, 1.165) is 55.0 Å². The monoisotopic (exact) mass is 355 g/mol. The molecule has 1 amide bonds. The average Bonchev–Trinajstić information content (AvgIpc) is 3.12. The molecule has 0 aliphatic carbocycles. The van der Waals surface area contributed by atoms with Crippen molar-refractivity contribution in [2.24, 2.45) is 5.41 Å². The summed E-state index contributed by atoms with van der Waals surface area (Å²) in [5.74, 6) is 0.958. The summed E-state index contributed by atoms with van der Waals surface area (Å²) in [7, 11) is 0. The minimum atomic E-state index is -0.794. The first-order chi connectivity index (χ1) is 12.7. The van der Waals surface area contributed by atoms with E-state index in [2.05, 4.69) is 10.3 Å². The molecule has 3 saturated heterocycles. The minimum Gasteiger partial charge on any atom is -0.354 e. The van der Waals surface area contributed by atoms with Gasteiger partial charge in [0.25, 0.3) is 0 Å². The van der Waals surface area contributed by atoms with E-state index in [-0.39, 0.29) is 11.3 Å². The van der Waals surface area contributed by atoms with E-state index in [1.807, 2.05) is 28.0 Å². The normalized spacial score (nSPS) is 25.1. The molecule has 1 spiro atoms. The van der Waals surface area contributed by atoms with E-state index in [4.69, 9.17) is 4.98 Å². The van der Waals surface area contributed by atoms with Crippen LogP contribution in [0.1, 0.15) is 19.3 Å². The van der Waals surface area contributed by atoms with Gasteiger partial charge in [-0.15, -0.1) is 0 Å². The molecule has 136 valence electrons. The van der Waals surface area contributed by atoms with Crippen molar-refractivity contribution in [2.75, 3.05) is 42.5 Å². The Morgan fingerprint density at radius 2 is 2.08 bits per heavy atom. The summed E-state index contributed by atoms with van der Waals surface area (Å²) in [6.45, 7) is 3.60. The van der Waals surface area contributed by atoms with Gasteiger partial charge < -0.3 is 15.1 Å². The number of fused-ring (bicyclic) bond motifs is 1. The van der Waals surface area contributed by atoms with Crippen molar-refractivity contribution >= 4 is 28.4 Å². The number of hydrogen-bond acceptors (Lipinski definition) is 5. The van der Waals surface area contributed by atoms with Crippen LogP contribution < -0.4 is 15.1 Å². The summed E-state index contributed by atoms with van der Waals surface area (Å²) in [5, 5.41) is 3.33. The maximum atomic E-state index is 13.6. The Hall–Kier alpha value is -2.28. The Labute approximate surface area is 151 Å². The number of carbonyl (C=O) groups excluding carboxylic acids is 1. The number of β-lactam (4-membered cyclic amide) rings is 1. The molecule has 3 aliphatic heterocycles. The van der Waals surface area contributed by atoms with Gasteiger partial charge in [-0.2, -0.15) is 0 Å². The van der Waals surface area contributed by atoms with Crippen molar-refractivity contribution < 1.29 is 9.18 Å². The first-order valence-corrected chi connectivity index (χ1v) is 9.34. The number of halogens is 1. The Balaban J connectivity index is 1.49. The minimum absolute atomic E-state index is 0.198. The van der Waals surface area contributed by atoms with Gasteiger partial charge in [0.05, 0.1) is 23.2 Å². The van der Waals surface area contributed by atoms with Crippen molar-refractivity contribution in [3.8, 4) is 0 Å². The number of alkyl halides is 1. The average molecular weight is 355 g/mol. The quantitative estimate of drug-likeness (QED) is 0.834. The summed E-state index contributed by atoms with van der Waals surface area (Å²) in [4.78, 5) is 25.9. The van der Waals surface area contributed by atoms with Gasteiger partial charge in [0, 0.05) is 19.3 Å². The van der Waals surface area contributed by atoms with E-state index in [1.54, 1.807) is 6.20 Å². The third kappa shape index (κ3) is 2.37. The maximum Gasteiger partial charge on any atom is 0.235 e. The number of aromatic nitrogens is 2. The molecule has 0 radical (unpaired) electrons. The molecule has 0 bridgehead atoms. The first kappa shape index (κ1) is 15.9. The number of piperidine rings is 1. The van der Waals surface area contributed by atoms with Crippen LogP contribution in [0.25, 0.3) is 11.0 Å². The molecule has 26 heavy (non-hydrogen) atoms. The Kier molecular flexibility index (Phi) is 3.60. The van der Waals surface area contributed by atoms with Gasteiger partial charge in [0.1, 0.15) is 17.5 Å². The van der Waals surface area contributed by atoms with Gasteiger partial charge in [-0.3, -0.25) is 9.78 Å². The Bertz CT molecular complexity index is 866. The number of nitrogens with one attached hydrogen (secondary N) is 1. The molecule has 2 aromatic rings. The van der Waals surface area contributed by atoms with Gasteiger partial charge in [0.15, 0.2) is 0 Å². The molecule has 3 fully saturated rings. The SMILES string of the molecule is O=C1N(c2ccnc3ccc(N4CCC(F)C4)nc23)CC12CCNCC2. The van der Waals surface area contributed by atoms with Gasteiger partial charge in [-0.1, -0.05) is 0 Å². The van der Waals surface area contributed by atoms with Crippen molar-refractivity contribution in [3.63, 3.8) is 0 Å². The number of anilines is 2. The molecule has 1 N–H and O–H groups in total. The summed E-state index contributed by atoms with van der Waals surface area (Å²) in [6.07, 6.45) is 3.27. The second-order valence-corrected chi connectivity index (χ2v) is 7.62. The number of hydrogen-bond donors (Lipinski definition) is 1. The highest BCUT2D eigenvalue weighted by atomic mass is 19.1. The molecule has 7 heteroatoms. The lowest BCUT2D eigenvalue weighted by Gasteiger charge is -2.50. The van der Waals surface area contributed by atoms with Crippen molar-refractivity contribution in [3.05, 3.63) is 24.4 Å². The highest BCUT2D eigenvalue weighted by molar-refractivity contribution is 6.09. The third-order valence-corrected chi connectivity index (χ3v) is 6.01. The van der Waals surface area contributed by atoms with E-state index >= 15 is 0 Å². The molecule has 0 aromatic carbocycles. The second-order valence-electron chi connectivity index (χ2n) is 7.62. The van der Waals surface area contributed by atoms with E-state index in [1.165, 1.54) is 0 Å². The van der Waals surface area contributed by atoms with E-state index in [0.29, 0.717) is 19.5 Å². The summed E-state index contributed by atoms with van der Waals surface area (Å²) in [6, 6.07) is 5.67. The predicted octanol–water partition coefficient (Wildman–Crippen LogP) is 1.89. The lowest BCUT2D eigenvalue weighted by atomic mass is 9.71. The fraction of sp³-hybridized carbons (Fsp3) is 0.526. The van der Waals surface area contributed by atoms with Crippen LogP contribution in [-0.4, -0.2) is 54.8 Å². The van der Waals surface area contributed by atoms with Crippen LogP contribution in [0.4, 0.5) is 15.9 Å². The standard InChI is InChI=1S/C19H22FN5O/c20-13-4-10-24(11-13)16-2-1-14-17(23-16)15(3-7-22-14)25-12-19(18(25)26)5-8-21-9-6-19/h1-3,7,13,21H,4-6,8-12H2. The van der Waals surface area contributed by atoms with Crippen LogP contribution in [0.3, 0.4) is 0 Å². The highest BCUT2D eigenvalue weighted by Gasteiger charge is 2.52. The molecule has 3 aliphatic rings. The maximum absolute atomic E-state index is 13.6. The van der Waals surface area contributed by atoms with Gasteiger partial charge in [-0.05, 0) is 50.6 Å². The molecule has 5 rings (SSSR count). The zero-order chi connectivity index (χ0) is 17.7. The Morgan fingerprint density at radius 3 is 2.81 bits per heavy atom. The zero-order valence-corrected chi connectivity index (χ0v) is 14.6. The molecule has 2 aromatic heterocycles. The second kappa shape index (κ2) is 5.87. The number of carbonyl (C=O) groups is 1. The van der Waals surface area contributed by atoms with Crippen LogP contribution in [-0.2, 0) is 4.79 Å². The molecular weight excluding hydrogens is 333 g/mol. The summed E-state index contributed by atoms with van der Waals surface area (Å²) >= 11 is 0. The fourth-order valence-electron chi connectivity index (χ4n) is 4.43. The predicted molar refractivity (Wildman–Crippen MR) is 98.2 cm³/mol. The van der Waals surface area contributed by atoms with Crippen molar-refractivity contribution in [1.82, 2.24) is 15.3 Å². The van der Waals surface area contributed by atoms with Crippen molar-refractivity contribution in [2.45, 2.75) is 25.4 Å². The molecule has 5 heterocycles. The largest absolute Gasteiger partial charge is 0.354 e. The molecular formula is C19H22FN5O. The lowest BCUT2D eigenvalue weighted by Crippen LogP contribution is -2.64. The van der Waals surface area contributed by atoms with Gasteiger partial charge >= 0.3 is 0 Å². The zero-order valence-electron chi connectivity index (χ0n) is 14.6. The fourth-order valence-corrected chi connectivity index (χ4v) is 4.43. The number of amides is 1. The van der Waals surface area contributed by atoms with Crippen LogP contribution in [0.5, 0.6) is 0 Å². The first-order valence-electron chi connectivity index (χ1n) is 9.34. The number of rotatable bonds is 2. The summed E-state index contributed by atoms with van der Waals surface area (Å²) in [5.41, 5.74) is 2.11. The van der Waals surface area contributed by atoms with Crippen molar-refractivity contribution in [1.29, 1.82) is 0 Å². The Morgan fingerprint density at radius 1 is 1.23 bits per heavy atom. The van der Waals surface area contributed by atoms with E-state index < -0.39 is 6.17 Å². The molecule has 1 unspecified atom stereocenters. The van der Waals surface area contributed by atoms with Gasteiger partial charge in [-0.25, -0.2) is 9.37 Å². The van der Waals surface area contributed by atoms with E-state index in [9.17, 15) is 9.18 Å². The van der Waals surface area contributed by atoms with Gasteiger partial charge in [0.2, 0.25) is 5.91 Å². The van der Waals surface area contributed by atoms with Crippen LogP contribution in [0.15, 0.2) is 24.4 Å².